The fourth-order valence-corrected chi connectivity index (χ4v) is 3.24. The zero-order valence-corrected chi connectivity index (χ0v) is 18.0. The van der Waals surface area contributed by atoms with Gasteiger partial charge in [0.25, 0.3) is 5.56 Å². The van der Waals surface area contributed by atoms with Crippen LogP contribution in [-0.4, -0.2) is 49.7 Å². The van der Waals surface area contributed by atoms with E-state index in [0.29, 0.717) is 17.5 Å². The molecule has 0 aliphatic rings. The molecule has 0 saturated heterocycles. The molecule has 34 heavy (non-hydrogen) atoms. The van der Waals surface area contributed by atoms with Crippen molar-refractivity contribution >= 4 is 11.8 Å². The first-order valence-electron chi connectivity index (χ1n) is 10.4. The van der Waals surface area contributed by atoms with Gasteiger partial charge < -0.3 is 30.9 Å². The summed E-state index contributed by atoms with van der Waals surface area (Å²) < 4.78 is 0. The van der Waals surface area contributed by atoms with Crippen LogP contribution in [0.15, 0.2) is 58.3 Å². The fourth-order valence-electron chi connectivity index (χ4n) is 3.24. The van der Waals surface area contributed by atoms with Crippen molar-refractivity contribution in [3.63, 3.8) is 0 Å². The number of hydrogen-bond acceptors (Lipinski definition) is 7. The minimum atomic E-state index is -0.980. The maximum atomic E-state index is 12.8. The monoisotopic (exact) mass is 468 g/mol. The minimum absolute atomic E-state index is 0.0352. The Balaban J connectivity index is 1.67. The van der Waals surface area contributed by atoms with E-state index >= 15 is 0 Å². The van der Waals surface area contributed by atoms with E-state index in [1.807, 2.05) is 4.98 Å². The van der Waals surface area contributed by atoms with Gasteiger partial charge in [-0.2, -0.15) is 0 Å². The first-order chi connectivity index (χ1) is 16.2. The first kappa shape index (κ1) is 24.1. The number of aromatic hydroxyl groups is 3. The Bertz CT molecular complexity index is 1280. The highest BCUT2D eigenvalue weighted by Crippen LogP contribution is 2.24. The largest absolute Gasteiger partial charge is 0.508 e. The van der Waals surface area contributed by atoms with Crippen molar-refractivity contribution in [2.75, 3.05) is 6.54 Å². The van der Waals surface area contributed by atoms with E-state index in [4.69, 9.17) is 0 Å². The molecule has 2 amide bonds. The summed E-state index contributed by atoms with van der Waals surface area (Å²) in [4.78, 5) is 52.7. The second-order valence-electron chi connectivity index (χ2n) is 7.63. The quantitative estimate of drug-likeness (QED) is 0.212. The zero-order chi connectivity index (χ0) is 24.7. The molecule has 0 fully saturated rings. The van der Waals surface area contributed by atoms with E-state index in [9.17, 15) is 34.5 Å². The maximum absolute atomic E-state index is 12.8. The van der Waals surface area contributed by atoms with E-state index in [-0.39, 0.29) is 42.2 Å². The molecule has 0 radical (unpaired) electrons. The summed E-state index contributed by atoms with van der Waals surface area (Å²) in [6, 6.07) is 9.52. The summed E-state index contributed by atoms with van der Waals surface area (Å²) in [5.41, 5.74) is 0.0138. The second-order valence-corrected chi connectivity index (χ2v) is 7.63. The number of amides is 2. The van der Waals surface area contributed by atoms with Crippen LogP contribution in [0.3, 0.4) is 0 Å². The Kier molecular flexibility index (Phi) is 7.70. The molecule has 0 spiro atoms. The molecule has 178 valence electrons. The highest BCUT2D eigenvalue weighted by molar-refractivity contribution is 5.88. The third kappa shape index (κ3) is 6.73. The van der Waals surface area contributed by atoms with E-state index in [0.717, 1.165) is 6.20 Å². The average molecular weight is 468 g/mol. The van der Waals surface area contributed by atoms with Gasteiger partial charge in [-0.15, -0.1) is 0 Å². The van der Waals surface area contributed by atoms with Crippen LogP contribution >= 0.6 is 0 Å². The first-order valence-corrected chi connectivity index (χ1v) is 10.4. The molecular formula is C23H24N4O7. The van der Waals surface area contributed by atoms with Crippen LogP contribution in [0.2, 0.25) is 0 Å². The topological polar surface area (TPSA) is 185 Å². The van der Waals surface area contributed by atoms with Crippen LogP contribution in [0.4, 0.5) is 0 Å². The number of rotatable bonds is 9. The van der Waals surface area contributed by atoms with Gasteiger partial charge >= 0.3 is 5.69 Å². The van der Waals surface area contributed by atoms with E-state index in [1.165, 1.54) is 24.3 Å². The van der Waals surface area contributed by atoms with Gasteiger partial charge in [0, 0.05) is 24.7 Å². The van der Waals surface area contributed by atoms with Gasteiger partial charge in [-0.3, -0.25) is 19.4 Å². The molecule has 11 heteroatoms. The Morgan fingerprint density at radius 1 is 0.941 bits per heavy atom. The van der Waals surface area contributed by atoms with Crippen LogP contribution in [-0.2, 0) is 28.9 Å². The average Bonchev–Trinajstić information content (AvgIpc) is 2.79. The molecule has 2 aromatic carbocycles. The number of phenols is 3. The molecule has 3 aromatic rings. The van der Waals surface area contributed by atoms with E-state index in [1.54, 1.807) is 18.2 Å². The summed E-state index contributed by atoms with van der Waals surface area (Å²) in [7, 11) is 0. The van der Waals surface area contributed by atoms with Gasteiger partial charge in [0.1, 0.15) is 11.8 Å². The molecular weight excluding hydrogens is 444 g/mol. The molecule has 0 saturated carbocycles. The number of carbonyl (C=O) groups excluding carboxylic acids is 2. The number of phenolic OH excluding ortho intramolecular Hbond substituents is 3. The van der Waals surface area contributed by atoms with Crippen molar-refractivity contribution in [2.45, 2.75) is 25.3 Å². The Hall–Kier alpha value is -4.54. The van der Waals surface area contributed by atoms with Crippen molar-refractivity contribution in [1.29, 1.82) is 0 Å². The Labute approximate surface area is 193 Å². The third-order valence-corrected chi connectivity index (χ3v) is 5.03. The van der Waals surface area contributed by atoms with Crippen molar-refractivity contribution in [1.82, 2.24) is 20.6 Å². The van der Waals surface area contributed by atoms with Crippen molar-refractivity contribution < 1.29 is 24.9 Å². The standard InChI is InChI=1S/C23H24N4O7/c28-16-4-1-13(2-5-16)9-17(26-20(31)11-15-12-25-23(34)27-21(15)32)22(33)24-8-7-14-3-6-18(29)19(30)10-14/h1-6,10,12,17,28-30H,7-9,11H2,(H,24,33)(H,26,31)(H2,25,27,32,34)/t17-/m0/s1. The minimum Gasteiger partial charge on any atom is -0.508 e. The number of hydrogen-bond donors (Lipinski definition) is 7. The maximum Gasteiger partial charge on any atom is 0.325 e. The number of H-pyrrole nitrogens is 2. The van der Waals surface area contributed by atoms with E-state index in [2.05, 4.69) is 15.6 Å². The molecule has 1 aromatic heterocycles. The van der Waals surface area contributed by atoms with Crippen LogP contribution in [0.25, 0.3) is 0 Å². The van der Waals surface area contributed by atoms with E-state index < -0.39 is 29.1 Å². The zero-order valence-electron chi connectivity index (χ0n) is 18.0. The second kappa shape index (κ2) is 10.9. The van der Waals surface area contributed by atoms with Crippen molar-refractivity contribution in [3.8, 4) is 17.2 Å². The number of aromatic nitrogens is 2. The van der Waals surface area contributed by atoms with Gasteiger partial charge in [0.15, 0.2) is 11.5 Å². The molecule has 0 unspecified atom stereocenters. The SMILES string of the molecule is O=C(Cc1c[nH]c(=O)[nH]c1=O)N[C@@H](Cc1ccc(O)cc1)C(=O)NCCc1ccc(O)c(O)c1. The number of benzene rings is 2. The van der Waals surface area contributed by atoms with Gasteiger partial charge in [-0.25, -0.2) is 4.79 Å². The Morgan fingerprint density at radius 2 is 1.65 bits per heavy atom. The third-order valence-electron chi connectivity index (χ3n) is 5.03. The molecule has 0 bridgehead atoms. The number of aromatic amines is 2. The molecule has 0 aliphatic carbocycles. The van der Waals surface area contributed by atoms with Crippen LogP contribution in [0.5, 0.6) is 17.2 Å². The summed E-state index contributed by atoms with van der Waals surface area (Å²) in [6.07, 6.45) is 1.28. The molecule has 1 atom stereocenters. The van der Waals surface area contributed by atoms with Gasteiger partial charge in [-0.05, 0) is 41.8 Å². The van der Waals surface area contributed by atoms with Crippen molar-refractivity contribution in [3.05, 3.63) is 86.2 Å². The fraction of sp³-hybridized carbons (Fsp3) is 0.217. The lowest BCUT2D eigenvalue weighted by molar-refractivity contribution is -0.128. The normalized spacial score (nSPS) is 11.5. The van der Waals surface area contributed by atoms with Crippen LogP contribution in [0.1, 0.15) is 16.7 Å². The number of carbonyl (C=O) groups is 2. The van der Waals surface area contributed by atoms with Gasteiger partial charge in [0.2, 0.25) is 11.8 Å². The lowest BCUT2D eigenvalue weighted by Gasteiger charge is -2.19. The highest BCUT2D eigenvalue weighted by Gasteiger charge is 2.22. The van der Waals surface area contributed by atoms with Crippen molar-refractivity contribution in [2.24, 2.45) is 0 Å². The summed E-state index contributed by atoms with van der Waals surface area (Å²) in [5, 5.41) is 33.8. The Morgan fingerprint density at radius 3 is 2.32 bits per heavy atom. The summed E-state index contributed by atoms with van der Waals surface area (Å²) >= 11 is 0. The van der Waals surface area contributed by atoms with Gasteiger partial charge in [0.05, 0.1) is 6.42 Å². The smallest absolute Gasteiger partial charge is 0.325 e. The van der Waals surface area contributed by atoms with Gasteiger partial charge in [-0.1, -0.05) is 18.2 Å². The highest BCUT2D eigenvalue weighted by atomic mass is 16.3. The molecule has 11 nitrogen and oxygen atoms in total. The lowest BCUT2D eigenvalue weighted by atomic mass is 10.0. The molecule has 0 aliphatic heterocycles. The predicted octanol–water partition coefficient (Wildman–Crippen LogP) is -0.191. The van der Waals surface area contributed by atoms with Crippen LogP contribution in [0, 0.1) is 0 Å². The predicted molar refractivity (Wildman–Crippen MR) is 122 cm³/mol. The molecule has 7 N–H and O–H groups in total. The molecule has 1 heterocycles. The lowest BCUT2D eigenvalue weighted by Crippen LogP contribution is -2.49. The molecule has 3 rings (SSSR count). The summed E-state index contributed by atoms with van der Waals surface area (Å²) in [6.45, 7) is 0.199. The number of nitrogens with one attached hydrogen (secondary N) is 4. The van der Waals surface area contributed by atoms with Crippen LogP contribution < -0.4 is 21.9 Å². The summed E-state index contributed by atoms with van der Waals surface area (Å²) in [5.74, 6) is -1.52.